The molecule has 0 saturated carbocycles. The molecule has 0 amide bonds. The quantitative estimate of drug-likeness (QED) is 0.780. The molecule has 26 heavy (non-hydrogen) atoms. The van der Waals surface area contributed by atoms with E-state index in [-0.39, 0.29) is 36.6 Å². The number of aromatic hydroxyl groups is 1. The fourth-order valence-electron chi connectivity index (χ4n) is 3.92. The summed E-state index contributed by atoms with van der Waals surface area (Å²) < 4.78 is 16.8. The van der Waals surface area contributed by atoms with E-state index in [1.54, 1.807) is 26.4 Å². The molecule has 2 aliphatic heterocycles. The smallest absolute Gasteiger partial charge is 0.131 e. The molecular weight excluding hydrogens is 379 g/mol. The van der Waals surface area contributed by atoms with Gasteiger partial charge >= 0.3 is 0 Å². The third-order valence-corrected chi connectivity index (χ3v) is 5.08. The molecule has 8 heteroatoms. The Labute approximate surface area is 168 Å². The Hall–Kier alpha value is -0.920. The number of hydrogen-bond donors (Lipinski definition) is 2. The maximum atomic E-state index is 9.98. The van der Waals surface area contributed by atoms with Crippen LogP contribution in [0.3, 0.4) is 0 Å². The lowest BCUT2D eigenvalue weighted by atomic mass is 9.84. The highest BCUT2D eigenvalue weighted by Crippen LogP contribution is 2.45. The van der Waals surface area contributed by atoms with E-state index in [0.29, 0.717) is 17.4 Å². The molecule has 2 N–H and O–H groups in total. The van der Waals surface area contributed by atoms with Gasteiger partial charge in [0, 0.05) is 57.6 Å². The second-order valence-electron chi connectivity index (χ2n) is 6.44. The number of rotatable bonds is 5. The van der Waals surface area contributed by atoms with E-state index >= 15 is 0 Å². The maximum absolute atomic E-state index is 9.98. The highest BCUT2D eigenvalue weighted by atomic mass is 35.5. The van der Waals surface area contributed by atoms with Crippen LogP contribution in [0.2, 0.25) is 0 Å². The molecule has 1 aromatic rings. The van der Waals surface area contributed by atoms with Crippen LogP contribution < -0.4 is 14.8 Å². The molecule has 2 fully saturated rings. The second kappa shape index (κ2) is 11.0. The van der Waals surface area contributed by atoms with Gasteiger partial charge in [0.2, 0.25) is 0 Å². The number of piperazine rings is 1. The number of methoxy groups -OCH3 is 2. The van der Waals surface area contributed by atoms with E-state index < -0.39 is 0 Å². The number of benzene rings is 1. The molecule has 1 aromatic carbocycles. The van der Waals surface area contributed by atoms with Gasteiger partial charge in [-0.2, -0.15) is 0 Å². The van der Waals surface area contributed by atoms with Crippen molar-refractivity contribution in [2.24, 2.45) is 5.92 Å². The number of phenolic OH excluding ortho intramolecular Hbond substituents is 1. The molecule has 2 heterocycles. The minimum atomic E-state index is 0. The fourth-order valence-corrected chi connectivity index (χ4v) is 3.92. The topological polar surface area (TPSA) is 63.2 Å². The van der Waals surface area contributed by atoms with Crippen LogP contribution in [-0.2, 0) is 4.74 Å². The van der Waals surface area contributed by atoms with Gasteiger partial charge in [0.15, 0.2) is 0 Å². The minimum absolute atomic E-state index is 0. The molecule has 6 nitrogen and oxygen atoms in total. The third-order valence-electron chi connectivity index (χ3n) is 5.08. The van der Waals surface area contributed by atoms with Gasteiger partial charge in [0.05, 0.1) is 19.8 Å². The van der Waals surface area contributed by atoms with E-state index in [0.717, 1.165) is 57.8 Å². The summed E-state index contributed by atoms with van der Waals surface area (Å²) in [5.41, 5.74) is 1.05. The first-order chi connectivity index (χ1) is 11.7. The monoisotopic (exact) mass is 408 g/mol. The molecular formula is C18H30Cl2N2O4. The molecule has 3 rings (SSSR count). The van der Waals surface area contributed by atoms with Crippen LogP contribution in [-0.4, -0.2) is 63.6 Å². The molecule has 0 aromatic heterocycles. The summed E-state index contributed by atoms with van der Waals surface area (Å²) in [5.74, 6) is 2.05. The van der Waals surface area contributed by atoms with Crippen LogP contribution in [0.25, 0.3) is 0 Å². The summed E-state index contributed by atoms with van der Waals surface area (Å²) in [7, 11) is 3.30. The molecule has 0 spiro atoms. The molecule has 0 aliphatic carbocycles. The first-order valence-corrected chi connectivity index (χ1v) is 8.72. The van der Waals surface area contributed by atoms with E-state index in [1.165, 1.54) is 0 Å². The number of halogens is 2. The Morgan fingerprint density at radius 1 is 1.08 bits per heavy atom. The number of nitrogens with zero attached hydrogens (tertiary/aromatic N) is 1. The Kier molecular flexibility index (Phi) is 9.82. The number of hydrogen-bond acceptors (Lipinski definition) is 6. The molecule has 2 saturated heterocycles. The van der Waals surface area contributed by atoms with Gasteiger partial charge in [0.1, 0.15) is 17.2 Å². The fraction of sp³-hybridized carbons (Fsp3) is 0.667. The third kappa shape index (κ3) is 5.08. The summed E-state index contributed by atoms with van der Waals surface area (Å²) in [6, 6.07) is 3.58. The van der Waals surface area contributed by atoms with Crippen LogP contribution in [0, 0.1) is 5.92 Å². The summed E-state index contributed by atoms with van der Waals surface area (Å²) >= 11 is 0. The van der Waals surface area contributed by atoms with Crippen LogP contribution >= 0.6 is 24.8 Å². The zero-order valence-electron chi connectivity index (χ0n) is 15.4. The van der Waals surface area contributed by atoms with Crippen molar-refractivity contribution >= 4 is 24.8 Å². The van der Waals surface area contributed by atoms with Crippen molar-refractivity contribution in [2.75, 3.05) is 53.6 Å². The Balaban J connectivity index is 0.00000169. The second-order valence-corrected chi connectivity index (χ2v) is 6.44. The van der Waals surface area contributed by atoms with Crippen molar-refractivity contribution < 1.29 is 19.3 Å². The predicted octanol–water partition coefficient (Wildman–Crippen LogP) is 2.63. The largest absolute Gasteiger partial charge is 0.508 e. The average Bonchev–Trinajstić information content (AvgIpc) is 2.64. The average molecular weight is 409 g/mol. The van der Waals surface area contributed by atoms with Crippen molar-refractivity contribution in [3.63, 3.8) is 0 Å². The van der Waals surface area contributed by atoms with Gasteiger partial charge in [0.25, 0.3) is 0 Å². The number of phenols is 1. The molecule has 0 radical (unpaired) electrons. The van der Waals surface area contributed by atoms with Gasteiger partial charge < -0.3 is 24.6 Å². The van der Waals surface area contributed by atoms with Gasteiger partial charge in [-0.05, 0) is 18.8 Å². The number of ether oxygens (including phenoxy) is 3. The van der Waals surface area contributed by atoms with Gasteiger partial charge in [-0.3, -0.25) is 4.90 Å². The van der Waals surface area contributed by atoms with Crippen molar-refractivity contribution in [3.8, 4) is 17.2 Å². The Bertz CT molecular complexity index is 507. The van der Waals surface area contributed by atoms with Gasteiger partial charge in [-0.1, -0.05) is 0 Å². The first kappa shape index (κ1) is 23.1. The molecule has 2 aliphatic rings. The van der Waals surface area contributed by atoms with E-state index in [4.69, 9.17) is 14.2 Å². The molecule has 150 valence electrons. The summed E-state index contributed by atoms with van der Waals surface area (Å²) in [5, 5.41) is 13.4. The van der Waals surface area contributed by atoms with Gasteiger partial charge in [-0.25, -0.2) is 0 Å². The summed E-state index contributed by atoms with van der Waals surface area (Å²) in [4.78, 5) is 2.52. The normalized spacial score (nSPS) is 19.8. The number of nitrogens with one attached hydrogen (secondary N) is 1. The maximum Gasteiger partial charge on any atom is 0.131 e. The lowest BCUT2D eigenvalue weighted by Gasteiger charge is -2.41. The predicted molar refractivity (Wildman–Crippen MR) is 106 cm³/mol. The van der Waals surface area contributed by atoms with Gasteiger partial charge in [-0.15, -0.1) is 24.8 Å². The van der Waals surface area contributed by atoms with E-state index in [1.807, 2.05) is 0 Å². The van der Waals surface area contributed by atoms with Crippen LogP contribution in [0.1, 0.15) is 24.4 Å². The van der Waals surface area contributed by atoms with Crippen molar-refractivity contribution in [3.05, 3.63) is 17.7 Å². The molecule has 0 unspecified atom stereocenters. The highest BCUT2D eigenvalue weighted by molar-refractivity contribution is 5.85. The van der Waals surface area contributed by atoms with Crippen LogP contribution in [0.5, 0.6) is 17.2 Å². The Morgan fingerprint density at radius 3 is 2.12 bits per heavy atom. The van der Waals surface area contributed by atoms with Crippen LogP contribution in [0.15, 0.2) is 12.1 Å². The Morgan fingerprint density at radius 2 is 1.62 bits per heavy atom. The zero-order chi connectivity index (χ0) is 16.9. The van der Waals surface area contributed by atoms with Crippen LogP contribution in [0.4, 0.5) is 0 Å². The minimum Gasteiger partial charge on any atom is -0.508 e. The SMILES string of the molecule is COc1cc(O)cc(OC)c1[C@H](C1CCOCC1)N1CCNCC1.Cl.Cl. The van der Waals surface area contributed by atoms with E-state index in [2.05, 4.69) is 10.2 Å². The molecule has 0 bridgehead atoms. The van der Waals surface area contributed by atoms with Crippen molar-refractivity contribution in [1.82, 2.24) is 10.2 Å². The standard InChI is InChI=1S/C18H28N2O4.2ClH/c1-22-15-11-14(21)12-16(23-2)17(15)18(13-3-9-24-10-4-13)20-7-5-19-6-8-20;;/h11-13,18-19,21H,3-10H2,1-2H3;2*1H/t18-;;/m0../s1. The summed E-state index contributed by atoms with van der Waals surface area (Å²) in [6.07, 6.45) is 2.06. The lowest BCUT2D eigenvalue weighted by molar-refractivity contribution is 0.0199. The van der Waals surface area contributed by atoms with Crippen molar-refractivity contribution in [2.45, 2.75) is 18.9 Å². The highest BCUT2D eigenvalue weighted by Gasteiger charge is 2.35. The van der Waals surface area contributed by atoms with Crippen molar-refractivity contribution in [1.29, 1.82) is 0 Å². The zero-order valence-corrected chi connectivity index (χ0v) is 17.0. The van der Waals surface area contributed by atoms with E-state index in [9.17, 15) is 5.11 Å². The summed E-state index contributed by atoms with van der Waals surface area (Å²) in [6.45, 7) is 5.57. The lowest BCUT2D eigenvalue weighted by Crippen LogP contribution is -2.47. The molecule has 1 atom stereocenters. The first-order valence-electron chi connectivity index (χ1n) is 8.72.